The second-order valence-electron chi connectivity index (χ2n) is 8.65. The summed E-state index contributed by atoms with van der Waals surface area (Å²) in [5.74, 6) is 3.40. The summed E-state index contributed by atoms with van der Waals surface area (Å²) in [6.45, 7) is 5.73. The fraction of sp³-hybridized carbons (Fsp3) is 0.591. The predicted molar refractivity (Wildman–Crippen MR) is 109 cm³/mol. The lowest BCUT2D eigenvalue weighted by Crippen LogP contribution is -2.32. The van der Waals surface area contributed by atoms with Crippen molar-refractivity contribution in [3.8, 4) is 11.3 Å². The minimum absolute atomic E-state index is 0.529. The number of ether oxygens (including phenoxy) is 1. The van der Waals surface area contributed by atoms with Crippen LogP contribution < -0.4 is 5.32 Å². The minimum Gasteiger partial charge on any atom is -0.381 e. The van der Waals surface area contributed by atoms with E-state index in [0.29, 0.717) is 6.04 Å². The van der Waals surface area contributed by atoms with Crippen molar-refractivity contribution < 1.29 is 4.74 Å². The van der Waals surface area contributed by atoms with Gasteiger partial charge in [-0.15, -0.1) is 10.2 Å². The van der Waals surface area contributed by atoms with Crippen molar-refractivity contribution in [1.29, 1.82) is 0 Å². The van der Waals surface area contributed by atoms with Crippen molar-refractivity contribution in [2.45, 2.75) is 31.7 Å². The fourth-order valence-electron chi connectivity index (χ4n) is 5.25. The molecular formula is C22H29N5O. The van der Waals surface area contributed by atoms with Crippen LogP contribution in [0.1, 0.15) is 25.7 Å². The van der Waals surface area contributed by atoms with Gasteiger partial charge in [-0.3, -0.25) is 4.98 Å². The zero-order chi connectivity index (χ0) is 18.8. The zero-order valence-corrected chi connectivity index (χ0v) is 16.3. The van der Waals surface area contributed by atoms with Crippen LogP contribution in [0.5, 0.6) is 0 Å². The molecule has 4 heterocycles. The Balaban J connectivity index is 1.12. The van der Waals surface area contributed by atoms with E-state index < -0.39 is 0 Å². The first-order valence-corrected chi connectivity index (χ1v) is 10.6. The Hall–Kier alpha value is -2.05. The van der Waals surface area contributed by atoms with E-state index in [2.05, 4.69) is 25.4 Å². The van der Waals surface area contributed by atoms with Crippen LogP contribution in [0, 0.1) is 17.8 Å². The molecule has 2 unspecified atom stereocenters. The van der Waals surface area contributed by atoms with Crippen LogP contribution in [0.25, 0.3) is 11.3 Å². The van der Waals surface area contributed by atoms with E-state index in [0.717, 1.165) is 48.0 Å². The summed E-state index contributed by atoms with van der Waals surface area (Å²) in [5, 5.41) is 12.4. The Labute approximate surface area is 166 Å². The highest BCUT2D eigenvalue weighted by Crippen LogP contribution is 2.39. The maximum Gasteiger partial charge on any atom is 0.148 e. The number of hydrogen-bond acceptors (Lipinski definition) is 6. The largest absolute Gasteiger partial charge is 0.381 e. The van der Waals surface area contributed by atoms with Crippen LogP contribution in [0.3, 0.4) is 0 Å². The molecule has 0 bridgehead atoms. The first kappa shape index (κ1) is 18.0. The first-order valence-electron chi connectivity index (χ1n) is 10.6. The van der Waals surface area contributed by atoms with Crippen molar-refractivity contribution in [2.24, 2.45) is 17.8 Å². The summed E-state index contributed by atoms with van der Waals surface area (Å²) in [6, 6.07) is 8.54. The molecule has 2 aromatic heterocycles. The molecule has 2 saturated heterocycles. The van der Waals surface area contributed by atoms with Crippen molar-refractivity contribution in [1.82, 2.24) is 20.1 Å². The second kappa shape index (κ2) is 8.13. The van der Waals surface area contributed by atoms with E-state index in [4.69, 9.17) is 4.74 Å². The Kier molecular flexibility index (Phi) is 5.23. The van der Waals surface area contributed by atoms with Gasteiger partial charge in [0.15, 0.2) is 0 Å². The molecule has 28 heavy (non-hydrogen) atoms. The van der Waals surface area contributed by atoms with Gasteiger partial charge in [-0.05, 0) is 67.7 Å². The highest BCUT2D eigenvalue weighted by Gasteiger charge is 2.41. The van der Waals surface area contributed by atoms with Gasteiger partial charge in [0.2, 0.25) is 0 Å². The van der Waals surface area contributed by atoms with Gasteiger partial charge in [0.25, 0.3) is 0 Å². The third-order valence-electron chi connectivity index (χ3n) is 6.68. The molecule has 0 spiro atoms. The third kappa shape index (κ3) is 4.03. The topological polar surface area (TPSA) is 63.2 Å². The van der Waals surface area contributed by atoms with E-state index in [1.807, 2.05) is 24.3 Å². The number of likely N-dealkylation sites (tertiary alicyclic amines) is 1. The molecule has 0 amide bonds. The lowest BCUT2D eigenvalue weighted by Gasteiger charge is -2.27. The average molecular weight is 380 g/mol. The summed E-state index contributed by atoms with van der Waals surface area (Å²) in [5.41, 5.74) is 1.94. The quantitative estimate of drug-likeness (QED) is 0.861. The molecular weight excluding hydrogens is 350 g/mol. The van der Waals surface area contributed by atoms with Gasteiger partial charge in [0.1, 0.15) is 5.82 Å². The van der Waals surface area contributed by atoms with Crippen molar-refractivity contribution in [3.63, 3.8) is 0 Å². The van der Waals surface area contributed by atoms with Gasteiger partial charge in [0.05, 0.1) is 5.69 Å². The summed E-state index contributed by atoms with van der Waals surface area (Å²) < 4.78 is 5.50. The van der Waals surface area contributed by atoms with Gasteiger partial charge < -0.3 is 15.0 Å². The van der Waals surface area contributed by atoms with Crippen molar-refractivity contribution in [3.05, 3.63) is 36.7 Å². The van der Waals surface area contributed by atoms with E-state index in [1.54, 1.807) is 12.4 Å². The normalized spacial score (nSPS) is 28.4. The number of hydrogen-bond donors (Lipinski definition) is 1. The van der Waals surface area contributed by atoms with E-state index >= 15 is 0 Å². The van der Waals surface area contributed by atoms with Gasteiger partial charge in [-0.1, -0.05) is 0 Å². The van der Waals surface area contributed by atoms with Crippen LogP contribution in [-0.2, 0) is 4.74 Å². The summed E-state index contributed by atoms with van der Waals surface area (Å²) in [7, 11) is 0. The maximum absolute atomic E-state index is 5.50. The Morgan fingerprint density at radius 2 is 1.71 bits per heavy atom. The van der Waals surface area contributed by atoms with Gasteiger partial charge in [0, 0.05) is 56.8 Å². The maximum atomic E-state index is 5.50. The Morgan fingerprint density at radius 1 is 0.964 bits per heavy atom. The lowest BCUT2D eigenvalue weighted by molar-refractivity contribution is 0.0545. The van der Waals surface area contributed by atoms with E-state index in [1.165, 1.54) is 45.3 Å². The molecule has 3 fully saturated rings. The summed E-state index contributed by atoms with van der Waals surface area (Å²) in [6.07, 6.45) is 8.55. The Morgan fingerprint density at radius 3 is 2.39 bits per heavy atom. The molecule has 2 atom stereocenters. The monoisotopic (exact) mass is 379 g/mol. The molecule has 0 radical (unpaired) electrons. The molecule has 1 aliphatic carbocycles. The number of nitrogens with zero attached hydrogens (tertiary/aromatic N) is 4. The molecule has 3 aliphatic rings. The summed E-state index contributed by atoms with van der Waals surface area (Å²) >= 11 is 0. The summed E-state index contributed by atoms with van der Waals surface area (Å²) in [4.78, 5) is 6.77. The molecule has 148 valence electrons. The highest BCUT2D eigenvalue weighted by atomic mass is 16.5. The fourth-order valence-corrected chi connectivity index (χ4v) is 5.25. The number of anilines is 1. The van der Waals surface area contributed by atoms with Gasteiger partial charge in [-0.25, -0.2) is 0 Å². The molecule has 1 N–H and O–H groups in total. The molecule has 6 heteroatoms. The molecule has 6 nitrogen and oxygen atoms in total. The SMILES string of the molecule is c1cc(-c2ccc(NC3CC4CN(CC5CCOCC5)CC4C3)nn2)ccn1. The number of nitrogens with one attached hydrogen (secondary N) is 1. The van der Waals surface area contributed by atoms with E-state index in [-0.39, 0.29) is 0 Å². The van der Waals surface area contributed by atoms with Crippen LogP contribution in [0.4, 0.5) is 5.82 Å². The predicted octanol–water partition coefficient (Wildman–Crippen LogP) is 3.09. The standard InChI is InChI=1S/C22H29N5O/c1-2-22(26-25-21(1)17-3-7-23-8-4-17)24-20-11-18-14-27(15-19(18)12-20)13-16-5-9-28-10-6-16/h1-4,7-8,16,18-20H,5-6,9-15H2,(H,24,26). The van der Waals surface area contributed by atoms with Gasteiger partial charge in [-0.2, -0.15) is 0 Å². The number of fused-ring (bicyclic) bond motifs is 1. The Bertz CT molecular complexity index is 748. The molecule has 5 rings (SSSR count). The number of rotatable bonds is 5. The lowest BCUT2D eigenvalue weighted by atomic mass is 10.00. The van der Waals surface area contributed by atoms with Crippen LogP contribution in [-0.4, -0.2) is 59.0 Å². The van der Waals surface area contributed by atoms with Crippen LogP contribution in [0.15, 0.2) is 36.7 Å². The molecule has 2 aromatic rings. The first-order chi connectivity index (χ1) is 13.8. The molecule has 0 aromatic carbocycles. The van der Waals surface area contributed by atoms with Crippen molar-refractivity contribution >= 4 is 5.82 Å². The smallest absolute Gasteiger partial charge is 0.148 e. The highest BCUT2D eigenvalue weighted by molar-refractivity contribution is 5.58. The van der Waals surface area contributed by atoms with Gasteiger partial charge >= 0.3 is 0 Å². The molecule has 1 saturated carbocycles. The van der Waals surface area contributed by atoms with E-state index in [9.17, 15) is 0 Å². The average Bonchev–Trinajstić information content (AvgIpc) is 3.28. The second-order valence-corrected chi connectivity index (χ2v) is 8.65. The minimum atomic E-state index is 0.529. The van der Waals surface area contributed by atoms with Crippen molar-refractivity contribution in [2.75, 3.05) is 38.2 Å². The molecule has 2 aliphatic heterocycles. The third-order valence-corrected chi connectivity index (χ3v) is 6.68. The zero-order valence-electron chi connectivity index (χ0n) is 16.3. The number of aromatic nitrogens is 3. The van der Waals surface area contributed by atoms with Crippen LogP contribution >= 0.6 is 0 Å². The van der Waals surface area contributed by atoms with Crippen LogP contribution in [0.2, 0.25) is 0 Å². The number of pyridine rings is 1.